The van der Waals surface area contributed by atoms with Crippen molar-refractivity contribution in [3.63, 3.8) is 0 Å². The second kappa shape index (κ2) is 4.97. The second-order valence-electron chi connectivity index (χ2n) is 5.10. The number of rotatable bonds is 3. The maximum absolute atomic E-state index is 8.74. The number of hydrogen-bond donors (Lipinski definition) is 2. The van der Waals surface area contributed by atoms with Crippen LogP contribution in [0, 0.1) is 6.92 Å². The minimum Gasteiger partial charge on any atom is -0.409 e. The molecule has 6 heteroatoms. The first-order valence-corrected chi connectivity index (χ1v) is 6.65. The maximum Gasteiger partial charge on any atom is 0.170 e. The molecule has 0 aliphatic carbocycles. The van der Waals surface area contributed by atoms with Crippen molar-refractivity contribution in [2.24, 2.45) is 17.9 Å². The van der Waals surface area contributed by atoms with Crippen LogP contribution in [0.25, 0.3) is 10.9 Å². The number of oxime groups is 1. The number of nitrogens with zero attached hydrogens (tertiary/aromatic N) is 4. The molecule has 0 bridgehead atoms. The highest BCUT2D eigenvalue weighted by Crippen LogP contribution is 2.19. The van der Waals surface area contributed by atoms with Gasteiger partial charge in [-0.3, -0.25) is 4.68 Å². The van der Waals surface area contributed by atoms with E-state index in [1.807, 2.05) is 49.1 Å². The standard InChI is InChI=1S/C15H17N5O/c1-10-7-13(19(2)17-10)9-20-6-5-11-8-12(15(16)18-21)3-4-14(11)20/h3-8,21H,9H2,1-2H3,(H2,16,18). The first-order chi connectivity index (χ1) is 10.1. The Balaban J connectivity index is 1.99. The molecule has 0 amide bonds. The van der Waals surface area contributed by atoms with Crippen LogP contribution in [0.1, 0.15) is 17.0 Å². The summed E-state index contributed by atoms with van der Waals surface area (Å²) in [5.74, 6) is 0.118. The van der Waals surface area contributed by atoms with Crippen molar-refractivity contribution in [1.29, 1.82) is 0 Å². The van der Waals surface area contributed by atoms with Gasteiger partial charge in [0.25, 0.3) is 0 Å². The monoisotopic (exact) mass is 283 g/mol. The molecule has 0 unspecified atom stereocenters. The van der Waals surface area contributed by atoms with E-state index in [1.54, 1.807) is 0 Å². The van der Waals surface area contributed by atoms with E-state index in [-0.39, 0.29) is 5.84 Å². The van der Waals surface area contributed by atoms with E-state index >= 15 is 0 Å². The smallest absolute Gasteiger partial charge is 0.170 e. The molecule has 2 aromatic heterocycles. The summed E-state index contributed by atoms with van der Waals surface area (Å²) in [4.78, 5) is 0. The van der Waals surface area contributed by atoms with Crippen LogP contribution < -0.4 is 5.73 Å². The van der Waals surface area contributed by atoms with Crippen LogP contribution in [0.4, 0.5) is 0 Å². The van der Waals surface area contributed by atoms with Crippen molar-refractivity contribution < 1.29 is 5.21 Å². The zero-order valence-electron chi connectivity index (χ0n) is 12.0. The molecule has 2 heterocycles. The van der Waals surface area contributed by atoms with Gasteiger partial charge in [-0.25, -0.2) is 0 Å². The summed E-state index contributed by atoms with van der Waals surface area (Å²) in [6.07, 6.45) is 2.03. The Morgan fingerprint density at radius 3 is 2.81 bits per heavy atom. The molecule has 1 aromatic carbocycles. The second-order valence-corrected chi connectivity index (χ2v) is 5.10. The topological polar surface area (TPSA) is 81.4 Å². The molecular formula is C15H17N5O. The van der Waals surface area contributed by atoms with E-state index < -0.39 is 0 Å². The fourth-order valence-electron chi connectivity index (χ4n) is 2.54. The average molecular weight is 283 g/mol. The number of benzene rings is 1. The van der Waals surface area contributed by atoms with Gasteiger partial charge in [0.2, 0.25) is 0 Å². The van der Waals surface area contributed by atoms with Gasteiger partial charge in [0, 0.05) is 29.7 Å². The number of nitrogens with two attached hydrogens (primary N) is 1. The highest BCUT2D eigenvalue weighted by Gasteiger charge is 2.08. The Morgan fingerprint density at radius 2 is 2.14 bits per heavy atom. The summed E-state index contributed by atoms with van der Waals surface area (Å²) in [6, 6.07) is 9.84. The van der Waals surface area contributed by atoms with Crippen LogP contribution >= 0.6 is 0 Å². The lowest BCUT2D eigenvalue weighted by Gasteiger charge is -2.06. The third kappa shape index (κ3) is 2.35. The lowest BCUT2D eigenvalue weighted by molar-refractivity contribution is 0.318. The first kappa shape index (κ1) is 13.2. The van der Waals surface area contributed by atoms with Crippen LogP contribution in [0.2, 0.25) is 0 Å². The molecule has 0 fully saturated rings. The van der Waals surface area contributed by atoms with E-state index in [4.69, 9.17) is 10.9 Å². The van der Waals surface area contributed by atoms with Crippen molar-refractivity contribution in [3.8, 4) is 0 Å². The molecule has 0 radical (unpaired) electrons. The largest absolute Gasteiger partial charge is 0.409 e. The number of fused-ring (bicyclic) bond motifs is 1. The van der Waals surface area contributed by atoms with Crippen LogP contribution in [0.3, 0.4) is 0 Å². The van der Waals surface area contributed by atoms with E-state index in [1.165, 1.54) is 0 Å². The highest BCUT2D eigenvalue weighted by atomic mass is 16.4. The normalized spacial score (nSPS) is 12.2. The van der Waals surface area contributed by atoms with Gasteiger partial charge < -0.3 is 15.5 Å². The molecule has 0 aliphatic rings. The molecule has 6 nitrogen and oxygen atoms in total. The summed E-state index contributed by atoms with van der Waals surface area (Å²) in [6.45, 7) is 2.74. The lowest BCUT2D eigenvalue weighted by atomic mass is 10.1. The number of aromatic nitrogens is 3. The summed E-state index contributed by atoms with van der Waals surface area (Å²) in [7, 11) is 1.95. The number of hydrogen-bond acceptors (Lipinski definition) is 3. The van der Waals surface area contributed by atoms with Crippen molar-refractivity contribution in [2.75, 3.05) is 0 Å². The molecule has 0 spiro atoms. The molecule has 108 valence electrons. The molecule has 3 N–H and O–H groups in total. The van der Waals surface area contributed by atoms with Crippen molar-refractivity contribution in [2.45, 2.75) is 13.5 Å². The van der Waals surface area contributed by atoms with Gasteiger partial charge in [-0.2, -0.15) is 5.10 Å². The lowest BCUT2D eigenvalue weighted by Crippen LogP contribution is -2.12. The van der Waals surface area contributed by atoms with Gasteiger partial charge in [-0.1, -0.05) is 5.16 Å². The average Bonchev–Trinajstić information content (AvgIpc) is 3.01. The Morgan fingerprint density at radius 1 is 1.33 bits per heavy atom. The summed E-state index contributed by atoms with van der Waals surface area (Å²) in [5.41, 5.74) is 9.58. The van der Waals surface area contributed by atoms with Gasteiger partial charge in [-0.05, 0) is 37.3 Å². The van der Waals surface area contributed by atoms with Crippen molar-refractivity contribution >= 4 is 16.7 Å². The Kier molecular flexibility index (Phi) is 3.13. The molecule has 0 saturated heterocycles. The van der Waals surface area contributed by atoms with Gasteiger partial charge in [0.15, 0.2) is 5.84 Å². The third-order valence-electron chi connectivity index (χ3n) is 3.61. The number of amidine groups is 1. The molecule has 0 aliphatic heterocycles. The van der Waals surface area contributed by atoms with Gasteiger partial charge in [-0.15, -0.1) is 0 Å². The number of aryl methyl sites for hydroxylation is 2. The maximum atomic E-state index is 8.74. The molecule has 21 heavy (non-hydrogen) atoms. The molecule has 3 rings (SSSR count). The Bertz CT molecular complexity index is 828. The molecule has 0 saturated carbocycles. The zero-order chi connectivity index (χ0) is 15.0. The van der Waals surface area contributed by atoms with E-state index in [9.17, 15) is 0 Å². The van der Waals surface area contributed by atoms with Crippen molar-refractivity contribution in [3.05, 3.63) is 53.5 Å². The minimum absolute atomic E-state index is 0.118. The predicted octanol–water partition coefficient (Wildman–Crippen LogP) is 1.83. The highest BCUT2D eigenvalue weighted by molar-refractivity contribution is 6.00. The Labute approximate surface area is 122 Å². The van der Waals surface area contributed by atoms with Crippen molar-refractivity contribution in [1.82, 2.24) is 14.3 Å². The SMILES string of the molecule is Cc1cc(Cn2ccc3cc(/C(N)=N/O)ccc32)n(C)n1. The zero-order valence-corrected chi connectivity index (χ0v) is 12.0. The van der Waals surface area contributed by atoms with E-state index in [2.05, 4.69) is 20.9 Å². The van der Waals surface area contributed by atoms with Crippen LogP contribution in [0.15, 0.2) is 41.7 Å². The quantitative estimate of drug-likeness (QED) is 0.333. The fourth-order valence-corrected chi connectivity index (χ4v) is 2.54. The summed E-state index contributed by atoms with van der Waals surface area (Å²) >= 11 is 0. The Hall–Kier alpha value is -2.76. The van der Waals surface area contributed by atoms with E-state index in [0.29, 0.717) is 5.56 Å². The predicted molar refractivity (Wildman–Crippen MR) is 81.5 cm³/mol. The van der Waals surface area contributed by atoms with Gasteiger partial charge in [0.05, 0.1) is 17.9 Å². The van der Waals surface area contributed by atoms with Crippen LogP contribution in [-0.4, -0.2) is 25.4 Å². The molecule has 0 atom stereocenters. The molecular weight excluding hydrogens is 266 g/mol. The third-order valence-corrected chi connectivity index (χ3v) is 3.61. The van der Waals surface area contributed by atoms with Gasteiger partial charge in [0.1, 0.15) is 0 Å². The fraction of sp³-hybridized carbons (Fsp3) is 0.200. The molecule has 3 aromatic rings. The van der Waals surface area contributed by atoms with Crippen LogP contribution in [0.5, 0.6) is 0 Å². The minimum atomic E-state index is 0.118. The van der Waals surface area contributed by atoms with Gasteiger partial charge >= 0.3 is 0 Å². The first-order valence-electron chi connectivity index (χ1n) is 6.65. The summed E-state index contributed by atoms with van der Waals surface area (Å²) < 4.78 is 4.05. The summed E-state index contributed by atoms with van der Waals surface area (Å²) in [5, 5.41) is 17.2. The van der Waals surface area contributed by atoms with E-state index in [0.717, 1.165) is 28.8 Å². The van der Waals surface area contributed by atoms with Crippen LogP contribution in [-0.2, 0) is 13.6 Å².